The molecule has 0 saturated heterocycles. The van der Waals surface area contributed by atoms with Crippen molar-refractivity contribution >= 4 is 23.5 Å². The number of benzene rings is 2. The normalized spacial score (nSPS) is 13.6. The number of hydrogen-bond acceptors (Lipinski definition) is 5. The van der Waals surface area contributed by atoms with Crippen molar-refractivity contribution in [2.24, 2.45) is 5.92 Å². The number of aliphatic carboxylic acids is 1. The summed E-state index contributed by atoms with van der Waals surface area (Å²) in [7, 11) is 0. The zero-order chi connectivity index (χ0) is 23.3. The van der Waals surface area contributed by atoms with Crippen molar-refractivity contribution < 1.29 is 24.2 Å². The molecule has 8 heteroatoms. The van der Waals surface area contributed by atoms with Crippen LogP contribution in [-0.2, 0) is 16.2 Å². The summed E-state index contributed by atoms with van der Waals surface area (Å²) < 4.78 is 5.85. The molecule has 0 atom stereocenters. The van der Waals surface area contributed by atoms with Gasteiger partial charge in [-0.05, 0) is 41.8 Å². The molecule has 0 saturated carbocycles. The first-order valence-corrected chi connectivity index (χ1v) is 10.4. The van der Waals surface area contributed by atoms with Gasteiger partial charge in [-0.1, -0.05) is 26.0 Å². The number of carboxylic acid groups (broad SMARTS) is 1. The minimum Gasteiger partial charge on any atom is -0.489 e. The molecule has 0 aromatic heterocycles. The molecule has 1 aliphatic heterocycles. The lowest BCUT2D eigenvalue weighted by molar-refractivity contribution is -0.137. The number of hydrogen-bond donors (Lipinski definition) is 1. The predicted molar refractivity (Wildman–Crippen MR) is 117 cm³/mol. The number of nitrogens with zero attached hydrogens (tertiary/aromatic N) is 3. The third-order valence-corrected chi connectivity index (χ3v) is 5.01. The molecule has 2 aromatic carbocycles. The highest BCUT2D eigenvalue weighted by atomic mass is 16.5. The molecule has 0 aliphatic carbocycles. The van der Waals surface area contributed by atoms with Gasteiger partial charge in [-0.15, -0.1) is 0 Å². The van der Waals surface area contributed by atoms with Crippen LogP contribution in [0, 0.1) is 17.2 Å². The van der Waals surface area contributed by atoms with Gasteiger partial charge in [0.2, 0.25) is 5.91 Å². The highest BCUT2D eigenvalue weighted by Crippen LogP contribution is 2.30. The van der Waals surface area contributed by atoms with Gasteiger partial charge in [0.1, 0.15) is 18.9 Å². The van der Waals surface area contributed by atoms with Crippen LogP contribution in [0.2, 0.25) is 0 Å². The van der Waals surface area contributed by atoms with E-state index in [9.17, 15) is 14.4 Å². The van der Waals surface area contributed by atoms with Crippen molar-refractivity contribution in [3.05, 3.63) is 59.2 Å². The lowest BCUT2D eigenvalue weighted by Gasteiger charge is -2.24. The van der Waals surface area contributed by atoms with Crippen molar-refractivity contribution in [3.63, 3.8) is 0 Å². The van der Waals surface area contributed by atoms with E-state index in [2.05, 4.69) is 6.07 Å². The van der Waals surface area contributed by atoms with Crippen LogP contribution in [0.1, 0.15) is 41.8 Å². The van der Waals surface area contributed by atoms with E-state index >= 15 is 0 Å². The standard InChI is InChI=1S/C24H25N3O5/c1-16(2)13-27-21-7-6-19(32-15-18-5-3-4-17(10-18)12-25)11-20(21)24(31)26(14-22(27)28)9-8-23(29)30/h3-7,10-11,16H,8-9,13-15H2,1-2H3,(H,29,30). The van der Waals surface area contributed by atoms with Crippen molar-refractivity contribution in [2.75, 3.05) is 24.5 Å². The number of amides is 2. The quantitative estimate of drug-likeness (QED) is 0.682. The molecular weight excluding hydrogens is 410 g/mol. The zero-order valence-corrected chi connectivity index (χ0v) is 18.1. The summed E-state index contributed by atoms with van der Waals surface area (Å²) in [5, 5.41) is 18.1. The van der Waals surface area contributed by atoms with Crippen molar-refractivity contribution in [2.45, 2.75) is 26.9 Å². The minimum atomic E-state index is -1.04. The number of carboxylic acids is 1. The third kappa shape index (κ3) is 5.43. The number of fused-ring (bicyclic) bond motifs is 1. The van der Waals surface area contributed by atoms with E-state index in [-0.39, 0.29) is 37.9 Å². The molecule has 0 radical (unpaired) electrons. The molecule has 0 fully saturated rings. The molecule has 1 N–H and O–H groups in total. The molecule has 0 bridgehead atoms. The first-order chi connectivity index (χ1) is 15.3. The molecule has 2 aromatic rings. The number of carbonyl (C=O) groups excluding carboxylic acids is 2. The fourth-order valence-corrected chi connectivity index (χ4v) is 3.51. The predicted octanol–water partition coefficient (Wildman–Crippen LogP) is 3.06. The van der Waals surface area contributed by atoms with Crippen molar-refractivity contribution in [3.8, 4) is 11.8 Å². The first-order valence-electron chi connectivity index (χ1n) is 10.4. The van der Waals surface area contributed by atoms with E-state index in [1.54, 1.807) is 41.3 Å². The van der Waals surface area contributed by atoms with Crippen LogP contribution in [0.25, 0.3) is 0 Å². The van der Waals surface area contributed by atoms with Gasteiger partial charge in [-0.2, -0.15) is 5.26 Å². The van der Waals surface area contributed by atoms with Gasteiger partial charge in [0, 0.05) is 13.1 Å². The lowest BCUT2D eigenvalue weighted by atomic mass is 10.1. The van der Waals surface area contributed by atoms with Crippen LogP contribution < -0.4 is 9.64 Å². The zero-order valence-electron chi connectivity index (χ0n) is 18.1. The lowest BCUT2D eigenvalue weighted by Crippen LogP contribution is -2.41. The second-order valence-electron chi connectivity index (χ2n) is 8.05. The summed E-state index contributed by atoms with van der Waals surface area (Å²) in [6, 6.07) is 14.1. The molecule has 1 heterocycles. The maximum Gasteiger partial charge on any atom is 0.305 e. The van der Waals surface area contributed by atoms with E-state index in [1.807, 2.05) is 19.9 Å². The van der Waals surface area contributed by atoms with E-state index in [0.717, 1.165) is 5.56 Å². The van der Waals surface area contributed by atoms with Gasteiger partial charge < -0.3 is 19.6 Å². The average molecular weight is 435 g/mol. The molecule has 1 aliphatic rings. The Morgan fingerprint density at radius 2 is 2.00 bits per heavy atom. The topological polar surface area (TPSA) is 111 Å². The second-order valence-corrected chi connectivity index (χ2v) is 8.05. The van der Waals surface area contributed by atoms with Gasteiger partial charge in [0.15, 0.2) is 0 Å². The van der Waals surface area contributed by atoms with Gasteiger partial charge >= 0.3 is 5.97 Å². The summed E-state index contributed by atoms with van der Waals surface area (Å²) in [4.78, 5) is 40.0. The minimum absolute atomic E-state index is 0.0547. The summed E-state index contributed by atoms with van der Waals surface area (Å²) in [6.07, 6.45) is -0.246. The SMILES string of the molecule is CC(C)CN1C(=O)CN(CCC(=O)O)C(=O)c2cc(OCc3cccc(C#N)c3)ccc21. The Balaban J connectivity index is 1.91. The Morgan fingerprint density at radius 1 is 1.22 bits per heavy atom. The number of nitriles is 1. The smallest absolute Gasteiger partial charge is 0.305 e. The fourth-order valence-electron chi connectivity index (χ4n) is 3.51. The Bertz CT molecular complexity index is 1070. The molecule has 0 unspecified atom stereocenters. The Morgan fingerprint density at radius 3 is 2.69 bits per heavy atom. The van der Waals surface area contributed by atoms with Gasteiger partial charge in [-0.25, -0.2) is 0 Å². The number of rotatable bonds is 8. The number of anilines is 1. The van der Waals surface area contributed by atoms with Crippen LogP contribution in [-0.4, -0.2) is 47.4 Å². The monoisotopic (exact) mass is 435 g/mol. The van der Waals surface area contributed by atoms with Gasteiger partial charge in [0.25, 0.3) is 5.91 Å². The molecule has 0 spiro atoms. The summed E-state index contributed by atoms with van der Waals surface area (Å²) in [5.41, 5.74) is 2.13. The van der Waals surface area contributed by atoms with Crippen LogP contribution in [0.4, 0.5) is 5.69 Å². The van der Waals surface area contributed by atoms with E-state index in [0.29, 0.717) is 29.1 Å². The molecule has 3 rings (SSSR count). The van der Waals surface area contributed by atoms with E-state index < -0.39 is 11.9 Å². The maximum absolute atomic E-state index is 13.2. The fraction of sp³-hybridized carbons (Fsp3) is 0.333. The molecular formula is C24H25N3O5. The van der Waals surface area contributed by atoms with Crippen molar-refractivity contribution in [1.82, 2.24) is 4.90 Å². The van der Waals surface area contributed by atoms with E-state index in [1.165, 1.54) is 4.90 Å². The number of carbonyl (C=O) groups is 3. The van der Waals surface area contributed by atoms with Gasteiger partial charge in [0.05, 0.1) is 29.3 Å². The van der Waals surface area contributed by atoms with Crippen molar-refractivity contribution in [1.29, 1.82) is 5.26 Å². The largest absolute Gasteiger partial charge is 0.489 e. The molecule has 166 valence electrons. The van der Waals surface area contributed by atoms with Gasteiger partial charge in [-0.3, -0.25) is 14.4 Å². The second kappa shape index (κ2) is 9.96. The summed E-state index contributed by atoms with van der Waals surface area (Å²) in [6.45, 7) is 4.38. The summed E-state index contributed by atoms with van der Waals surface area (Å²) in [5.74, 6) is -1.08. The van der Waals surface area contributed by atoms with Crippen LogP contribution >= 0.6 is 0 Å². The maximum atomic E-state index is 13.2. The Kier molecular flexibility index (Phi) is 7.11. The van der Waals surface area contributed by atoms with Crippen LogP contribution in [0.15, 0.2) is 42.5 Å². The Labute approximate surface area is 186 Å². The molecule has 8 nitrogen and oxygen atoms in total. The number of ether oxygens (including phenoxy) is 1. The highest BCUT2D eigenvalue weighted by molar-refractivity contribution is 6.10. The average Bonchev–Trinajstić information content (AvgIpc) is 2.86. The highest BCUT2D eigenvalue weighted by Gasteiger charge is 2.32. The van der Waals surface area contributed by atoms with E-state index in [4.69, 9.17) is 15.1 Å². The van der Waals surface area contributed by atoms with Crippen LogP contribution in [0.3, 0.4) is 0 Å². The van der Waals surface area contributed by atoms with Crippen LogP contribution in [0.5, 0.6) is 5.75 Å². The third-order valence-electron chi connectivity index (χ3n) is 5.01. The molecule has 2 amide bonds. The summed E-state index contributed by atoms with van der Waals surface area (Å²) >= 11 is 0. The Hall–Kier alpha value is -3.86. The first kappa shape index (κ1) is 22.8. The molecule has 32 heavy (non-hydrogen) atoms.